The third-order valence-electron chi connectivity index (χ3n) is 10.2. The molecule has 1 aromatic rings. The lowest BCUT2D eigenvalue weighted by atomic mass is 9.66. The van der Waals surface area contributed by atoms with Crippen LogP contribution in [0.5, 0.6) is 0 Å². The van der Waals surface area contributed by atoms with Crippen molar-refractivity contribution in [1.82, 2.24) is 14.7 Å². The molecule has 1 N–H and O–H groups in total. The van der Waals surface area contributed by atoms with E-state index in [-0.39, 0.29) is 35.7 Å². The highest BCUT2D eigenvalue weighted by Crippen LogP contribution is 2.72. The van der Waals surface area contributed by atoms with Crippen LogP contribution in [0, 0.1) is 23.2 Å². The van der Waals surface area contributed by atoms with E-state index in [9.17, 15) is 14.7 Å². The summed E-state index contributed by atoms with van der Waals surface area (Å²) in [6.45, 7) is 25.5. The minimum Gasteiger partial charge on any atom is -0.394 e. The molecule has 1 aromatic carbocycles. The quantitative estimate of drug-likeness (QED) is 0.271. The van der Waals surface area contributed by atoms with Crippen molar-refractivity contribution in [3.8, 4) is 0 Å². The van der Waals surface area contributed by atoms with Crippen LogP contribution in [0.1, 0.15) is 80.2 Å². The van der Waals surface area contributed by atoms with Crippen molar-refractivity contribution in [2.75, 3.05) is 19.7 Å². The summed E-state index contributed by atoms with van der Waals surface area (Å²) < 4.78 is -1.26. The molecule has 248 valence electrons. The third-order valence-corrected chi connectivity index (χ3v) is 12.2. The Kier molecular flexibility index (Phi) is 10.1. The van der Waals surface area contributed by atoms with Gasteiger partial charge in [0.05, 0.1) is 29.2 Å². The van der Waals surface area contributed by atoms with E-state index in [4.69, 9.17) is 0 Å². The molecular weight excluding hydrogens is 582 g/mol. The van der Waals surface area contributed by atoms with Crippen LogP contribution < -0.4 is 0 Å². The summed E-state index contributed by atoms with van der Waals surface area (Å²) in [6, 6.07) is 8.54. The third kappa shape index (κ3) is 6.38. The number of nitrogens with zero attached hydrogens (tertiary/aromatic N) is 3. The molecule has 2 bridgehead atoms. The second-order valence-corrected chi connectivity index (χ2v) is 17.6. The van der Waals surface area contributed by atoms with Gasteiger partial charge in [-0.05, 0) is 56.9 Å². The van der Waals surface area contributed by atoms with Crippen LogP contribution in [0.4, 0.5) is 0 Å². The van der Waals surface area contributed by atoms with Crippen molar-refractivity contribution in [1.29, 1.82) is 0 Å². The van der Waals surface area contributed by atoms with Gasteiger partial charge < -0.3 is 19.8 Å². The second-order valence-electron chi connectivity index (χ2n) is 15.7. The van der Waals surface area contributed by atoms with E-state index in [1.54, 1.807) is 28.8 Å². The van der Waals surface area contributed by atoms with Gasteiger partial charge in [0.15, 0.2) is 0 Å². The number of rotatable bonds is 13. The van der Waals surface area contributed by atoms with Crippen molar-refractivity contribution in [3.63, 3.8) is 0 Å². The number of hydrogen-bond acceptors (Lipinski definition) is 5. The number of thioether (sulfide) groups is 1. The van der Waals surface area contributed by atoms with Gasteiger partial charge in [-0.25, -0.2) is 0 Å². The molecule has 1 spiro atoms. The predicted molar refractivity (Wildman–Crippen MR) is 183 cm³/mol. The molecule has 3 heterocycles. The monoisotopic (exact) mass is 637 g/mol. The van der Waals surface area contributed by atoms with E-state index in [1.165, 1.54) is 0 Å². The first-order chi connectivity index (χ1) is 21.0. The minimum absolute atomic E-state index is 0.0420. The van der Waals surface area contributed by atoms with Gasteiger partial charge in [0.25, 0.3) is 0 Å². The van der Waals surface area contributed by atoms with E-state index in [0.717, 1.165) is 18.4 Å². The Balaban J connectivity index is 1.83. The molecule has 3 aliphatic rings. The molecular formula is C37H55N3O4S. The van der Waals surface area contributed by atoms with Crippen LogP contribution in [-0.4, -0.2) is 84.3 Å². The van der Waals surface area contributed by atoms with Crippen molar-refractivity contribution >= 4 is 29.5 Å². The van der Waals surface area contributed by atoms with Crippen LogP contribution in [-0.2, 0) is 20.9 Å². The Morgan fingerprint density at radius 3 is 2.22 bits per heavy atom. The average molecular weight is 638 g/mol. The number of carbonyl (C=O) groups excluding carboxylic acids is 3. The number of amides is 3. The first-order valence-electron chi connectivity index (χ1n) is 16.5. The summed E-state index contributed by atoms with van der Waals surface area (Å²) in [6.07, 6.45) is 5.65. The predicted octanol–water partition coefficient (Wildman–Crippen LogP) is 5.93. The Labute approximate surface area is 275 Å². The number of benzene rings is 1. The summed E-state index contributed by atoms with van der Waals surface area (Å²) in [5, 5.41) is 10.7. The number of hydrogen-bond donors (Lipinski definition) is 1. The number of carbonyl (C=O) groups is 3. The van der Waals surface area contributed by atoms with E-state index < -0.39 is 39.0 Å². The van der Waals surface area contributed by atoms with Crippen molar-refractivity contribution in [2.45, 2.75) is 108 Å². The van der Waals surface area contributed by atoms with E-state index >= 15 is 4.79 Å². The van der Waals surface area contributed by atoms with Crippen molar-refractivity contribution in [2.24, 2.45) is 23.2 Å². The van der Waals surface area contributed by atoms with Crippen molar-refractivity contribution in [3.05, 3.63) is 61.2 Å². The second kappa shape index (κ2) is 12.9. The zero-order valence-corrected chi connectivity index (χ0v) is 29.5. The maximum atomic E-state index is 15.1. The Bertz CT molecular complexity index is 1290. The standard InChI is InChI=1S/C37H55N3O4S/c1-11-20-38(22-26-16-14-13-15-17-26)31(42)28-29-32(43)40(27(23-41)25(3)4)30(37(29)19-18-36(28,10)45-37)33(44)39(21-12-2)35(8,9)24-34(5,6)7/h11-17,25,27-30,41H,1-2,18-24H2,3-10H3/t27-,28-,29-,30?,36+,37?/m0/s1. The number of aliphatic hydroxyl groups excluding tert-OH is 1. The van der Waals surface area contributed by atoms with Crippen LogP contribution in [0.25, 0.3) is 0 Å². The van der Waals surface area contributed by atoms with Crippen LogP contribution in [0.3, 0.4) is 0 Å². The molecule has 8 heteroatoms. The molecule has 45 heavy (non-hydrogen) atoms. The highest BCUT2D eigenvalue weighted by atomic mass is 32.2. The zero-order chi connectivity index (χ0) is 33.5. The van der Waals surface area contributed by atoms with Gasteiger partial charge in [-0.2, -0.15) is 0 Å². The average Bonchev–Trinajstić information content (AvgIpc) is 3.51. The summed E-state index contributed by atoms with van der Waals surface area (Å²) in [4.78, 5) is 50.1. The molecule has 0 aromatic heterocycles. The van der Waals surface area contributed by atoms with E-state index in [0.29, 0.717) is 26.1 Å². The first kappa shape index (κ1) is 35.3. The molecule has 0 saturated carbocycles. The molecule has 4 rings (SSSR count). The smallest absolute Gasteiger partial charge is 0.247 e. The van der Waals surface area contributed by atoms with E-state index in [2.05, 4.69) is 54.7 Å². The maximum Gasteiger partial charge on any atom is 0.247 e. The fourth-order valence-corrected chi connectivity index (χ4v) is 11.0. The van der Waals surface area contributed by atoms with Crippen LogP contribution in [0.2, 0.25) is 0 Å². The van der Waals surface area contributed by atoms with Gasteiger partial charge in [0, 0.05) is 29.9 Å². The molecule has 0 aliphatic carbocycles. The fourth-order valence-electron chi connectivity index (χ4n) is 8.69. The van der Waals surface area contributed by atoms with Gasteiger partial charge in [0.1, 0.15) is 6.04 Å². The zero-order valence-electron chi connectivity index (χ0n) is 28.7. The Hall–Kier alpha value is -2.58. The number of likely N-dealkylation sites (tertiary alicyclic amines) is 1. The van der Waals surface area contributed by atoms with Crippen molar-refractivity contribution < 1.29 is 19.5 Å². The molecule has 3 fully saturated rings. The SMILES string of the molecule is C=CCN(Cc1ccccc1)C(=O)[C@@H]1[C@H]2C(=O)N([C@@H](CO)C(C)C)C(C(=O)N(CC=C)C(C)(C)CC(C)(C)C)C23CC[C@@]1(C)S3. The topological polar surface area (TPSA) is 81.2 Å². The Morgan fingerprint density at radius 1 is 1.07 bits per heavy atom. The van der Waals surface area contributed by atoms with Gasteiger partial charge in [-0.1, -0.05) is 77.1 Å². The van der Waals surface area contributed by atoms with E-state index in [1.807, 2.05) is 54.0 Å². The summed E-state index contributed by atoms with van der Waals surface area (Å²) in [5.41, 5.74) is 0.452. The highest BCUT2D eigenvalue weighted by Gasteiger charge is 2.78. The lowest BCUT2D eigenvalue weighted by Gasteiger charge is -2.47. The molecule has 3 saturated heterocycles. The number of fused-ring (bicyclic) bond motifs is 1. The molecule has 2 unspecified atom stereocenters. The lowest BCUT2D eigenvalue weighted by Crippen LogP contribution is -2.62. The Morgan fingerprint density at radius 2 is 1.69 bits per heavy atom. The minimum atomic E-state index is -0.791. The molecule has 3 amide bonds. The van der Waals surface area contributed by atoms with Gasteiger partial charge in [-0.15, -0.1) is 24.9 Å². The fraction of sp³-hybridized carbons (Fsp3) is 0.649. The lowest BCUT2D eigenvalue weighted by molar-refractivity contribution is -0.150. The molecule has 3 aliphatic heterocycles. The molecule has 7 nitrogen and oxygen atoms in total. The molecule has 0 radical (unpaired) electrons. The highest BCUT2D eigenvalue weighted by molar-refractivity contribution is 8.02. The van der Waals surface area contributed by atoms with Gasteiger partial charge in [-0.3, -0.25) is 14.4 Å². The van der Waals surface area contributed by atoms with Crippen LogP contribution >= 0.6 is 11.8 Å². The normalized spacial score (nSPS) is 28.3. The summed E-state index contributed by atoms with van der Waals surface area (Å²) in [7, 11) is 0. The summed E-state index contributed by atoms with van der Waals surface area (Å²) in [5.74, 6) is -1.69. The maximum absolute atomic E-state index is 15.1. The molecule has 6 atom stereocenters. The first-order valence-corrected chi connectivity index (χ1v) is 17.3. The van der Waals surface area contributed by atoms with Gasteiger partial charge >= 0.3 is 0 Å². The van der Waals surface area contributed by atoms with Crippen LogP contribution in [0.15, 0.2) is 55.6 Å². The summed E-state index contributed by atoms with van der Waals surface area (Å²) >= 11 is 1.68. The number of aliphatic hydroxyl groups is 1. The van der Waals surface area contributed by atoms with Gasteiger partial charge in [0.2, 0.25) is 17.7 Å². The largest absolute Gasteiger partial charge is 0.394 e.